The third-order valence-corrected chi connectivity index (χ3v) is 5.21. The van der Waals surface area contributed by atoms with Crippen molar-refractivity contribution in [3.63, 3.8) is 0 Å². The summed E-state index contributed by atoms with van der Waals surface area (Å²) in [5, 5.41) is 2.72. The van der Waals surface area contributed by atoms with E-state index < -0.39 is 23.2 Å². The summed E-state index contributed by atoms with van der Waals surface area (Å²) in [6, 6.07) is 5.25. The molecule has 1 aromatic rings. The van der Waals surface area contributed by atoms with Crippen LogP contribution in [0.1, 0.15) is 32.8 Å². The van der Waals surface area contributed by atoms with Crippen LogP contribution in [0, 0.1) is 0 Å². The van der Waals surface area contributed by atoms with Crippen molar-refractivity contribution < 1.29 is 28.6 Å². The van der Waals surface area contributed by atoms with Gasteiger partial charge in [0.1, 0.15) is 18.9 Å². The van der Waals surface area contributed by atoms with Crippen molar-refractivity contribution in [2.75, 3.05) is 43.8 Å². The van der Waals surface area contributed by atoms with Gasteiger partial charge in [0.15, 0.2) is 0 Å². The Morgan fingerprint density at radius 3 is 2.71 bits per heavy atom. The molecule has 9 heteroatoms. The average Bonchev–Trinajstić information content (AvgIpc) is 3.22. The minimum Gasteiger partial charge on any atom is -0.445 e. The number of carbonyl (C=O) groups excluding carboxylic acids is 3. The van der Waals surface area contributed by atoms with Crippen LogP contribution in [0.4, 0.5) is 21.0 Å². The highest BCUT2D eigenvalue weighted by Gasteiger charge is 2.55. The zero-order valence-electron chi connectivity index (χ0n) is 18.4. The summed E-state index contributed by atoms with van der Waals surface area (Å²) in [7, 11) is 1.52. The topological polar surface area (TPSA) is 97.4 Å². The van der Waals surface area contributed by atoms with Gasteiger partial charge >= 0.3 is 12.2 Å². The summed E-state index contributed by atoms with van der Waals surface area (Å²) < 4.78 is 15.7. The molecule has 168 valence electrons. The number of ether oxygens (including phenoxy) is 3. The molecule has 1 fully saturated rings. The van der Waals surface area contributed by atoms with Crippen molar-refractivity contribution in [1.29, 1.82) is 0 Å². The normalized spacial score (nSPS) is 20.1. The quantitative estimate of drug-likeness (QED) is 0.719. The highest BCUT2D eigenvalue weighted by Crippen LogP contribution is 2.48. The Hall–Kier alpha value is -3.07. The fourth-order valence-corrected chi connectivity index (χ4v) is 3.98. The molecule has 1 atom stereocenters. The number of anilines is 2. The van der Waals surface area contributed by atoms with Crippen molar-refractivity contribution in [3.05, 3.63) is 36.4 Å². The van der Waals surface area contributed by atoms with Gasteiger partial charge < -0.3 is 19.1 Å². The van der Waals surface area contributed by atoms with Gasteiger partial charge in [-0.2, -0.15) is 0 Å². The number of amides is 3. The molecule has 2 aliphatic rings. The maximum absolute atomic E-state index is 13.4. The maximum atomic E-state index is 13.4. The van der Waals surface area contributed by atoms with Gasteiger partial charge in [0.05, 0.1) is 11.1 Å². The zero-order valence-corrected chi connectivity index (χ0v) is 18.4. The molecule has 3 rings (SSSR count). The first-order chi connectivity index (χ1) is 14.6. The second-order valence-electron chi connectivity index (χ2n) is 8.63. The first-order valence-corrected chi connectivity index (χ1v) is 10.1. The Balaban J connectivity index is 1.91. The van der Waals surface area contributed by atoms with Gasteiger partial charge in [0, 0.05) is 25.9 Å². The molecule has 0 saturated carbocycles. The summed E-state index contributed by atoms with van der Waals surface area (Å²) in [4.78, 5) is 41.1. The third kappa shape index (κ3) is 4.51. The van der Waals surface area contributed by atoms with Gasteiger partial charge in [0.25, 0.3) is 0 Å². The lowest BCUT2D eigenvalue weighted by molar-refractivity contribution is -0.123. The number of benzene rings is 1. The van der Waals surface area contributed by atoms with Gasteiger partial charge in [-0.3, -0.25) is 15.0 Å². The van der Waals surface area contributed by atoms with Gasteiger partial charge in [-0.05, 0) is 51.0 Å². The number of hydrogen-bond donors (Lipinski definition) is 1. The number of fused-ring (bicyclic) bond motifs is 2. The van der Waals surface area contributed by atoms with E-state index in [4.69, 9.17) is 14.2 Å². The monoisotopic (exact) mass is 431 g/mol. The Morgan fingerprint density at radius 1 is 1.32 bits per heavy atom. The van der Waals surface area contributed by atoms with E-state index in [0.717, 1.165) is 5.56 Å². The standard InChI is InChI=1S/C22H29N3O6/c1-6-11-30-20(28)24-10-9-22(13-24)16-12-15(23-19(27)31-21(2,3)4)7-8-17(16)25(14-29-5)18(22)26/h6-8,12H,1,9-11,13-14H2,2-5H3,(H,23,27). The average molecular weight is 431 g/mol. The van der Waals surface area contributed by atoms with Crippen LogP contribution in [0.3, 0.4) is 0 Å². The molecule has 9 nitrogen and oxygen atoms in total. The van der Waals surface area contributed by atoms with E-state index in [1.165, 1.54) is 18.1 Å². The smallest absolute Gasteiger partial charge is 0.412 e. The molecular weight excluding hydrogens is 402 g/mol. The lowest BCUT2D eigenvalue weighted by Gasteiger charge is -2.24. The van der Waals surface area contributed by atoms with E-state index in [9.17, 15) is 14.4 Å². The van der Waals surface area contributed by atoms with Crippen molar-refractivity contribution in [3.8, 4) is 0 Å². The van der Waals surface area contributed by atoms with Crippen LogP contribution in [-0.2, 0) is 24.4 Å². The molecule has 1 spiro atoms. The Labute approximate surface area is 181 Å². The fourth-order valence-electron chi connectivity index (χ4n) is 3.98. The number of rotatable bonds is 5. The predicted molar refractivity (Wildman–Crippen MR) is 115 cm³/mol. The molecule has 2 heterocycles. The van der Waals surface area contributed by atoms with Gasteiger partial charge in [0.2, 0.25) is 5.91 Å². The summed E-state index contributed by atoms with van der Waals surface area (Å²) >= 11 is 0. The van der Waals surface area contributed by atoms with Crippen LogP contribution in [0.5, 0.6) is 0 Å². The number of nitrogens with one attached hydrogen (secondary N) is 1. The zero-order chi connectivity index (χ0) is 22.8. The Kier molecular flexibility index (Phi) is 6.26. The number of methoxy groups -OCH3 is 1. The molecule has 2 aliphatic heterocycles. The molecule has 0 aliphatic carbocycles. The molecule has 1 N–H and O–H groups in total. The molecule has 1 aromatic carbocycles. The van der Waals surface area contributed by atoms with Crippen LogP contribution in [0.25, 0.3) is 0 Å². The second-order valence-corrected chi connectivity index (χ2v) is 8.63. The summed E-state index contributed by atoms with van der Waals surface area (Å²) in [5.74, 6) is -0.141. The van der Waals surface area contributed by atoms with Crippen LogP contribution < -0.4 is 10.2 Å². The highest BCUT2D eigenvalue weighted by molar-refractivity contribution is 6.09. The Morgan fingerprint density at radius 2 is 2.06 bits per heavy atom. The van der Waals surface area contributed by atoms with Crippen LogP contribution in [0.2, 0.25) is 0 Å². The molecule has 3 amide bonds. The summed E-state index contributed by atoms with van der Waals surface area (Å²) in [6.07, 6.45) is 0.868. The fraction of sp³-hybridized carbons (Fsp3) is 0.500. The first-order valence-electron chi connectivity index (χ1n) is 10.1. The van der Waals surface area contributed by atoms with Crippen molar-refractivity contribution in [1.82, 2.24) is 4.90 Å². The Bertz CT molecular complexity index is 894. The minimum atomic E-state index is -0.924. The number of carbonyl (C=O) groups is 3. The maximum Gasteiger partial charge on any atom is 0.412 e. The van der Waals surface area contributed by atoms with Gasteiger partial charge in [-0.1, -0.05) is 12.7 Å². The third-order valence-electron chi connectivity index (χ3n) is 5.21. The number of nitrogens with zero attached hydrogens (tertiary/aromatic N) is 2. The van der Waals surface area contributed by atoms with Crippen molar-refractivity contribution in [2.24, 2.45) is 0 Å². The van der Waals surface area contributed by atoms with Gasteiger partial charge in [-0.15, -0.1) is 0 Å². The van der Waals surface area contributed by atoms with Crippen LogP contribution in [0.15, 0.2) is 30.9 Å². The van der Waals surface area contributed by atoms with Crippen molar-refractivity contribution in [2.45, 2.75) is 38.2 Å². The molecule has 1 unspecified atom stereocenters. The van der Waals surface area contributed by atoms with E-state index >= 15 is 0 Å². The SMILES string of the molecule is C=CCOC(=O)N1CCC2(C1)C(=O)N(COC)c1ccc(NC(=O)OC(C)(C)C)cc12. The summed E-state index contributed by atoms with van der Waals surface area (Å²) in [5.41, 5.74) is 0.384. The minimum absolute atomic E-state index is 0.0906. The molecule has 1 saturated heterocycles. The molecule has 0 bridgehead atoms. The van der Waals surface area contributed by atoms with E-state index in [1.807, 2.05) is 0 Å². The lowest BCUT2D eigenvalue weighted by Crippen LogP contribution is -2.44. The van der Waals surface area contributed by atoms with E-state index in [-0.39, 0.29) is 25.8 Å². The lowest BCUT2D eigenvalue weighted by atomic mass is 9.80. The molecule has 0 aromatic heterocycles. The molecule has 31 heavy (non-hydrogen) atoms. The highest BCUT2D eigenvalue weighted by atomic mass is 16.6. The molecule has 0 radical (unpaired) electrons. The van der Waals surface area contributed by atoms with Crippen molar-refractivity contribution >= 4 is 29.5 Å². The van der Waals surface area contributed by atoms with E-state index in [2.05, 4.69) is 11.9 Å². The second kappa shape index (κ2) is 8.58. The summed E-state index contributed by atoms with van der Waals surface area (Å²) in [6.45, 7) is 9.65. The van der Waals surface area contributed by atoms with Crippen LogP contribution in [-0.4, -0.2) is 62.1 Å². The number of hydrogen-bond acceptors (Lipinski definition) is 6. The van der Waals surface area contributed by atoms with Gasteiger partial charge in [-0.25, -0.2) is 9.59 Å². The first kappa shape index (κ1) is 22.6. The van der Waals surface area contributed by atoms with E-state index in [1.54, 1.807) is 43.9 Å². The largest absolute Gasteiger partial charge is 0.445 e. The predicted octanol–water partition coefficient (Wildman–Crippen LogP) is 3.25. The van der Waals surface area contributed by atoms with Crippen LogP contribution >= 0.6 is 0 Å². The van der Waals surface area contributed by atoms with E-state index in [0.29, 0.717) is 24.3 Å². The molecular formula is C22H29N3O6. The number of likely N-dealkylation sites (tertiary alicyclic amines) is 1.